The molecule has 1 heterocycles. The second kappa shape index (κ2) is 3.16. The fraction of sp³-hybridized carbons (Fsp3) is 0.111. The van der Waals surface area contributed by atoms with Gasteiger partial charge in [-0.15, -0.1) is 0 Å². The molecule has 0 bridgehead atoms. The first kappa shape index (κ1) is 9.33. The fourth-order valence-electron chi connectivity index (χ4n) is 1.28. The number of fused-ring (bicyclic) bond motifs is 1. The lowest BCUT2D eigenvalue weighted by molar-refractivity contribution is 0.635. The van der Waals surface area contributed by atoms with E-state index in [0.717, 1.165) is 0 Å². The highest BCUT2D eigenvalue weighted by Gasteiger charge is 2.07. The van der Waals surface area contributed by atoms with Gasteiger partial charge in [-0.1, -0.05) is 15.9 Å². The molecule has 0 aliphatic heterocycles. The van der Waals surface area contributed by atoms with Crippen LogP contribution in [0.2, 0.25) is 0 Å². The molecule has 0 unspecified atom stereocenters. The molecule has 5 heteroatoms. The summed E-state index contributed by atoms with van der Waals surface area (Å²) in [6, 6.07) is 2.83. The summed E-state index contributed by atoms with van der Waals surface area (Å²) in [5, 5.41) is 0.252. The molecule has 3 nitrogen and oxygen atoms in total. The van der Waals surface area contributed by atoms with Crippen molar-refractivity contribution in [1.29, 1.82) is 0 Å². The van der Waals surface area contributed by atoms with E-state index in [9.17, 15) is 9.18 Å². The summed E-state index contributed by atoms with van der Waals surface area (Å²) in [5.41, 5.74) is -0.220. The number of aromatic amines is 1. The van der Waals surface area contributed by atoms with Gasteiger partial charge in [0.2, 0.25) is 0 Å². The summed E-state index contributed by atoms with van der Waals surface area (Å²) in [6.07, 6.45) is 0. The molecule has 0 saturated carbocycles. The van der Waals surface area contributed by atoms with Gasteiger partial charge in [-0.05, 0) is 19.1 Å². The Balaban J connectivity index is 3.02. The molecule has 2 rings (SSSR count). The summed E-state index contributed by atoms with van der Waals surface area (Å²) in [5.74, 6) is -0.0905. The molecule has 0 radical (unpaired) electrons. The lowest BCUT2D eigenvalue weighted by atomic mass is 10.2. The van der Waals surface area contributed by atoms with Gasteiger partial charge in [0, 0.05) is 4.47 Å². The number of aromatic nitrogens is 2. The second-order valence-electron chi connectivity index (χ2n) is 2.94. The van der Waals surface area contributed by atoms with Crippen molar-refractivity contribution in [3.05, 3.63) is 38.6 Å². The molecule has 1 aromatic heterocycles. The van der Waals surface area contributed by atoms with Gasteiger partial charge in [0.25, 0.3) is 5.56 Å². The molecular weight excluding hydrogens is 251 g/mol. The molecule has 0 aliphatic rings. The molecule has 2 aromatic rings. The number of H-pyrrole nitrogens is 1. The zero-order valence-electron chi connectivity index (χ0n) is 7.27. The minimum Gasteiger partial charge on any atom is -0.310 e. The third kappa shape index (κ3) is 1.43. The van der Waals surface area contributed by atoms with Crippen LogP contribution in [0.4, 0.5) is 4.39 Å². The maximum absolute atomic E-state index is 13.4. The zero-order valence-corrected chi connectivity index (χ0v) is 8.85. The van der Waals surface area contributed by atoms with E-state index in [4.69, 9.17) is 0 Å². The summed E-state index contributed by atoms with van der Waals surface area (Å²) in [4.78, 5) is 17.9. The van der Waals surface area contributed by atoms with Crippen molar-refractivity contribution in [2.45, 2.75) is 6.92 Å². The Labute approximate surface area is 87.1 Å². The maximum Gasteiger partial charge on any atom is 0.258 e. The quantitative estimate of drug-likeness (QED) is 0.785. The van der Waals surface area contributed by atoms with Crippen LogP contribution in [0.25, 0.3) is 10.9 Å². The van der Waals surface area contributed by atoms with Crippen molar-refractivity contribution in [3.8, 4) is 0 Å². The molecule has 0 atom stereocenters. The Hall–Kier alpha value is -1.23. The summed E-state index contributed by atoms with van der Waals surface area (Å²) < 4.78 is 13.9. The highest BCUT2D eigenvalue weighted by Crippen LogP contribution is 2.18. The van der Waals surface area contributed by atoms with Gasteiger partial charge in [0.15, 0.2) is 5.82 Å². The lowest BCUT2D eigenvalue weighted by Gasteiger charge is -2.00. The van der Waals surface area contributed by atoms with Gasteiger partial charge in [0.05, 0.1) is 5.39 Å². The average Bonchev–Trinajstić information content (AvgIpc) is 2.07. The molecule has 0 fully saturated rings. The summed E-state index contributed by atoms with van der Waals surface area (Å²) in [6.45, 7) is 1.61. The van der Waals surface area contributed by atoms with Crippen molar-refractivity contribution < 1.29 is 4.39 Å². The molecule has 0 spiro atoms. The van der Waals surface area contributed by atoms with E-state index in [2.05, 4.69) is 25.9 Å². The van der Waals surface area contributed by atoms with Crippen molar-refractivity contribution in [2.75, 3.05) is 0 Å². The number of rotatable bonds is 0. The highest BCUT2D eigenvalue weighted by molar-refractivity contribution is 9.10. The number of hydrogen-bond acceptors (Lipinski definition) is 2. The van der Waals surface area contributed by atoms with Crippen molar-refractivity contribution >= 4 is 26.8 Å². The minimum absolute atomic E-state index is 0.106. The average molecular weight is 257 g/mol. The van der Waals surface area contributed by atoms with Gasteiger partial charge in [-0.3, -0.25) is 4.79 Å². The first-order valence-electron chi connectivity index (χ1n) is 3.93. The van der Waals surface area contributed by atoms with Gasteiger partial charge in [-0.2, -0.15) is 0 Å². The summed E-state index contributed by atoms with van der Waals surface area (Å²) in [7, 11) is 0. The minimum atomic E-state index is -0.497. The van der Waals surface area contributed by atoms with E-state index in [-0.39, 0.29) is 16.5 Å². The predicted molar refractivity (Wildman–Crippen MR) is 54.8 cm³/mol. The van der Waals surface area contributed by atoms with Crippen LogP contribution in [-0.4, -0.2) is 9.97 Å². The SMILES string of the molecule is Cc1nc2c(F)cc(Br)cc2c(=O)[nH]1. The zero-order chi connectivity index (χ0) is 10.3. The van der Waals surface area contributed by atoms with E-state index in [1.807, 2.05) is 0 Å². The van der Waals surface area contributed by atoms with Crippen LogP contribution in [0.15, 0.2) is 21.4 Å². The van der Waals surface area contributed by atoms with E-state index in [1.165, 1.54) is 6.07 Å². The van der Waals surface area contributed by atoms with Crippen LogP contribution >= 0.6 is 15.9 Å². The van der Waals surface area contributed by atoms with Crippen LogP contribution in [0.1, 0.15) is 5.82 Å². The Bertz CT molecular complexity index is 564. The molecule has 0 amide bonds. The summed E-state index contributed by atoms with van der Waals surface area (Å²) >= 11 is 3.12. The predicted octanol–water partition coefficient (Wildman–Crippen LogP) is 2.13. The molecule has 0 aliphatic carbocycles. The molecule has 0 saturated heterocycles. The Kier molecular flexibility index (Phi) is 2.11. The van der Waals surface area contributed by atoms with E-state index in [1.54, 1.807) is 13.0 Å². The Morgan fingerprint density at radius 1 is 1.50 bits per heavy atom. The monoisotopic (exact) mass is 256 g/mol. The van der Waals surface area contributed by atoms with E-state index < -0.39 is 5.82 Å². The molecule has 14 heavy (non-hydrogen) atoms. The Morgan fingerprint density at radius 2 is 2.21 bits per heavy atom. The van der Waals surface area contributed by atoms with Crippen LogP contribution < -0.4 is 5.56 Å². The van der Waals surface area contributed by atoms with Gasteiger partial charge in [0.1, 0.15) is 11.3 Å². The number of nitrogens with one attached hydrogen (secondary N) is 1. The van der Waals surface area contributed by atoms with Crippen LogP contribution in [0, 0.1) is 12.7 Å². The molecule has 1 aromatic carbocycles. The van der Waals surface area contributed by atoms with Gasteiger partial charge >= 0.3 is 0 Å². The number of hydrogen-bond donors (Lipinski definition) is 1. The third-order valence-electron chi connectivity index (χ3n) is 1.85. The first-order valence-corrected chi connectivity index (χ1v) is 4.73. The molecule has 72 valence electrons. The maximum atomic E-state index is 13.4. The lowest BCUT2D eigenvalue weighted by Crippen LogP contribution is -2.10. The molecular formula is C9H6BrFN2O. The second-order valence-corrected chi connectivity index (χ2v) is 3.85. The molecule has 1 N–H and O–H groups in total. The van der Waals surface area contributed by atoms with Crippen LogP contribution in [0.5, 0.6) is 0 Å². The van der Waals surface area contributed by atoms with Gasteiger partial charge < -0.3 is 4.98 Å². The smallest absolute Gasteiger partial charge is 0.258 e. The number of halogens is 2. The van der Waals surface area contributed by atoms with Crippen molar-refractivity contribution in [2.24, 2.45) is 0 Å². The number of benzene rings is 1. The van der Waals surface area contributed by atoms with Crippen molar-refractivity contribution in [3.63, 3.8) is 0 Å². The number of nitrogens with zero attached hydrogens (tertiary/aromatic N) is 1. The third-order valence-corrected chi connectivity index (χ3v) is 2.30. The van der Waals surface area contributed by atoms with E-state index >= 15 is 0 Å². The van der Waals surface area contributed by atoms with E-state index in [0.29, 0.717) is 10.3 Å². The Morgan fingerprint density at radius 3 is 2.93 bits per heavy atom. The van der Waals surface area contributed by atoms with Crippen LogP contribution in [-0.2, 0) is 0 Å². The highest BCUT2D eigenvalue weighted by atomic mass is 79.9. The first-order chi connectivity index (χ1) is 6.58. The van der Waals surface area contributed by atoms with Crippen LogP contribution in [0.3, 0.4) is 0 Å². The standard InChI is InChI=1S/C9H6BrFN2O/c1-4-12-8-6(9(14)13-4)2-5(10)3-7(8)11/h2-3H,1H3,(H,12,13,14). The van der Waals surface area contributed by atoms with Crippen molar-refractivity contribution in [1.82, 2.24) is 9.97 Å². The normalized spacial score (nSPS) is 10.8. The topological polar surface area (TPSA) is 45.8 Å². The van der Waals surface area contributed by atoms with Gasteiger partial charge in [-0.25, -0.2) is 9.37 Å². The largest absolute Gasteiger partial charge is 0.310 e. The fourth-order valence-corrected chi connectivity index (χ4v) is 1.71. The number of aryl methyl sites for hydroxylation is 1.